The summed E-state index contributed by atoms with van der Waals surface area (Å²) >= 11 is 4.51. The molecule has 0 bridgehead atoms. The van der Waals surface area contributed by atoms with Gasteiger partial charge in [0.25, 0.3) is 0 Å². The van der Waals surface area contributed by atoms with Gasteiger partial charge in [-0.1, -0.05) is 18.3 Å². The zero-order chi connectivity index (χ0) is 13.8. The van der Waals surface area contributed by atoms with Crippen LogP contribution in [-0.2, 0) is 6.54 Å². The third kappa shape index (κ3) is 3.47. The van der Waals surface area contributed by atoms with E-state index in [1.54, 1.807) is 6.20 Å². The van der Waals surface area contributed by atoms with Crippen LogP contribution >= 0.6 is 27.3 Å². The first kappa shape index (κ1) is 13.9. The van der Waals surface area contributed by atoms with E-state index in [1.165, 1.54) is 16.0 Å². The number of aromatic nitrogens is 4. The Morgan fingerprint density at radius 1 is 1.58 bits per heavy atom. The van der Waals surface area contributed by atoms with Gasteiger partial charge in [0.2, 0.25) is 5.13 Å². The maximum Gasteiger partial charge on any atom is 0.404 e. The first-order valence-corrected chi connectivity index (χ1v) is 7.14. The van der Waals surface area contributed by atoms with Crippen molar-refractivity contribution in [3.63, 3.8) is 0 Å². The summed E-state index contributed by atoms with van der Waals surface area (Å²) in [7, 11) is 0. The molecule has 0 aliphatic heterocycles. The highest BCUT2D eigenvalue weighted by atomic mass is 79.9. The Morgan fingerprint density at radius 3 is 3.00 bits per heavy atom. The van der Waals surface area contributed by atoms with E-state index in [1.807, 2.05) is 0 Å². The van der Waals surface area contributed by atoms with Crippen molar-refractivity contribution < 1.29 is 4.92 Å². The van der Waals surface area contributed by atoms with Gasteiger partial charge >= 0.3 is 5.82 Å². The Morgan fingerprint density at radius 2 is 2.37 bits per heavy atom. The minimum absolute atomic E-state index is 0.200. The summed E-state index contributed by atoms with van der Waals surface area (Å²) in [6.07, 6.45) is 2.56. The predicted octanol–water partition coefficient (Wildman–Crippen LogP) is 2.28. The molecule has 0 atom stereocenters. The zero-order valence-corrected chi connectivity index (χ0v) is 12.4. The summed E-state index contributed by atoms with van der Waals surface area (Å²) in [4.78, 5) is 10.1. The van der Waals surface area contributed by atoms with Crippen LogP contribution in [0.2, 0.25) is 0 Å². The van der Waals surface area contributed by atoms with Crippen LogP contribution in [0.3, 0.4) is 0 Å². The van der Waals surface area contributed by atoms with E-state index >= 15 is 0 Å². The molecule has 0 saturated carbocycles. The fourth-order valence-electron chi connectivity index (χ4n) is 1.35. The summed E-state index contributed by atoms with van der Waals surface area (Å²) in [6.45, 7) is 3.26. The Kier molecular flexibility index (Phi) is 4.43. The maximum atomic E-state index is 10.7. The second kappa shape index (κ2) is 6.06. The normalized spacial score (nSPS) is 10.6. The molecule has 0 spiro atoms. The van der Waals surface area contributed by atoms with Crippen LogP contribution in [0.1, 0.15) is 18.4 Å². The van der Waals surface area contributed by atoms with Gasteiger partial charge in [-0.3, -0.25) is 0 Å². The van der Waals surface area contributed by atoms with Crippen molar-refractivity contribution in [2.75, 3.05) is 11.9 Å². The van der Waals surface area contributed by atoms with Crippen LogP contribution in [-0.4, -0.2) is 31.4 Å². The van der Waals surface area contributed by atoms with E-state index < -0.39 is 4.92 Å². The van der Waals surface area contributed by atoms with E-state index in [9.17, 15) is 10.1 Å². The Hall–Kier alpha value is -1.55. The van der Waals surface area contributed by atoms with Gasteiger partial charge in [0.1, 0.15) is 16.0 Å². The number of hydrogen-bond donors (Lipinski definition) is 1. The van der Waals surface area contributed by atoms with Gasteiger partial charge in [-0.25, -0.2) is 0 Å². The molecule has 19 heavy (non-hydrogen) atoms. The molecule has 0 unspecified atom stereocenters. The highest BCUT2D eigenvalue weighted by Gasteiger charge is 2.19. The van der Waals surface area contributed by atoms with Crippen LogP contribution in [0.5, 0.6) is 0 Å². The topological polar surface area (TPSA) is 98.8 Å². The maximum absolute atomic E-state index is 10.7. The standard InChI is InChI=1S/C9H11BrN6O2S/c1-2-3-11-9-13-12-7(19-9)5-15-4-6(10)8(14-15)16(17)18/h4H,2-3,5H2,1H3,(H,11,13). The zero-order valence-electron chi connectivity index (χ0n) is 10.0. The summed E-state index contributed by atoms with van der Waals surface area (Å²) in [5.41, 5.74) is 0. The first-order valence-electron chi connectivity index (χ1n) is 5.53. The lowest BCUT2D eigenvalue weighted by Gasteiger charge is -1.95. The lowest BCUT2D eigenvalue weighted by molar-refractivity contribution is -0.390. The average Bonchev–Trinajstić information content (AvgIpc) is 2.94. The molecule has 0 amide bonds. The fraction of sp³-hybridized carbons (Fsp3) is 0.444. The molecule has 2 heterocycles. The first-order chi connectivity index (χ1) is 9.10. The van der Waals surface area contributed by atoms with Crippen molar-refractivity contribution >= 4 is 38.2 Å². The molecule has 0 aromatic carbocycles. The molecule has 2 rings (SSSR count). The molecule has 0 fully saturated rings. The highest BCUT2D eigenvalue weighted by molar-refractivity contribution is 9.10. The van der Waals surface area contributed by atoms with Crippen molar-refractivity contribution in [2.24, 2.45) is 0 Å². The third-order valence-electron chi connectivity index (χ3n) is 2.16. The van der Waals surface area contributed by atoms with Crippen LogP contribution < -0.4 is 5.32 Å². The number of nitrogens with one attached hydrogen (secondary N) is 1. The molecular weight excluding hydrogens is 336 g/mol. The van der Waals surface area contributed by atoms with E-state index in [4.69, 9.17) is 0 Å². The van der Waals surface area contributed by atoms with E-state index in [2.05, 4.69) is 43.5 Å². The molecule has 2 aromatic heterocycles. The van der Waals surface area contributed by atoms with Crippen LogP contribution in [0, 0.1) is 10.1 Å². The lowest BCUT2D eigenvalue weighted by atomic mass is 10.5. The van der Waals surface area contributed by atoms with E-state index in [-0.39, 0.29) is 5.82 Å². The smallest absolute Gasteiger partial charge is 0.360 e. The minimum atomic E-state index is -0.533. The molecule has 0 aliphatic rings. The van der Waals surface area contributed by atoms with Gasteiger partial charge in [0.15, 0.2) is 0 Å². The quantitative estimate of drug-likeness (QED) is 0.636. The van der Waals surface area contributed by atoms with Crippen molar-refractivity contribution in [3.8, 4) is 0 Å². The van der Waals surface area contributed by atoms with Crippen LogP contribution in [0.25, 0.3) is 0 Å². The Bertz CT molecular complexity index is 583. The van der Waals surface area contributed by atoms with Gasteiger partial charge in [-0.2, -0.15) is 4.68 Å². The SMILES string of the molecule is CCCNc1nnc(Cn2cc(Br)c([N+](=O)[O-])n2)s1. The minimum Gasteiger partial charge on any atom is -0.360 e. The second-order valence-electron chi connectivity index (χ2n) is 3.68. The highest BCUT2D eigenvalue weighted by Crippen LogP contribution is 2.23. The number of anilines is 1. The number of nitrogens with zero attached hydrogens (tertiary/aromatic N) is 5. The van der Waals surface area contributed by atoms with Crippen molar-refractivity contribution in [1.82, 2.24) is 20.0 Å². The van der Waals surface area contributed by atoms with E-state index in [0.29, 0.717) is 11.0 Å². The molecule has 2 aromatic rings. The molecule has 1 N–H and O–H groups in total. The van der Waals surface area contributed by atoms with Gasteiger partial charge < -0.3 is 15.4 Å². The molecule has 102 valence electrons. The average molecular weight is 347 g/mol. The Labute approximate surface area is 121 Å². The van der Waals surface area contributed by atoms with Gasteiger partial charge in [0, 0.05) is 6.54 Å². The molecule has 0 radical (unpaired) electrons. The Balaban J connectivity index is 2.06. The van der Waals surface area contributed by atoms with Gasteiger partial charge in [0.05, 0.1) is 11.3 Å². The molecule has 0 aliphatic carbocycles. The molecule has 0 saturated heterocycles. The monoisotopic (exact) mass is 346 g/mol. The summed E-state index contributed by atoms with van der Waals surface area (Å²) in [5, 5.41) is 27.2. The number of nitro groups is 1. The van der Waals surface area contributed by atoms with Gasteiger partial charge in [-0.05, 0) is 27.3 Å². The van der Waals surface area contributed by atoms with Crippen molar-refractivity contribution in [3.05, 3.63) is 25.8 Å². The molecule has 8 nitrogen and oxygen atoms in total. The summed E-state index contributed by atoms with van der Waals surface area (Å²) in [5.74, 6) is -0.200. The van der Waals surface area contributed by atoms with Crippen molar-refractivity contribution in [1.29, 1.82) is 0 Å². The number of hydrogen-bond acceptors (Lipinski definition) is 7. The molecule has 10 heteroatoms. The third-order valence-corrected chi connectivity index (χ3v) is 3.59. The van der Waals surface area contributed by atoms with Gasteiger partial charge in [-0.15, -0.1) is 10.2 Å². The molecular formula is C9H11BrN6O2S. The van der Waals surface area contributed by atoms with E-state index in [0.717, 1.165) is 23.1 Å². The van der Waals surface area contributed by atoms with Crippen LogP contribution in [0.15, 0.2) is 10.7 Å². The van der Waals surface area contributed by atoms with Crippen molar-refractivity contribution in [2.45, 2.75) is 19.9 Å². The predicted molar refractivity (Wildman–Crippen MR) is 74.4 cm³/mol. The summed E-state index contributed by atoms with van der Waals surface area (Å²) in [6, 6.07) is 0. The second-order valence-corrected chi connectivity index (χ2v) is 5.60. The largest absolute Gasteiger partial charge is 0.404 e. The summed E-state index contributed by atoms with van der Waals surface area (Å²) < 4.78 is 1.82. The fourth-order valence-corrected chi connectivity index (χ4v) is 2.57. The number of rotatable bonds is 6. The van der Waals surface area contributed by atoms with Crippen LogP contribution in [0.4, 0.5) is 10.9 Å². The lowest BCUT2D eigenvalue weighted by Crippen LogP contribution is -2.00. The number of halogens is 1.